The van der Waals surface area contributed by atoms with Crippen molar-refractivity contribution in [2.45, 2.75) is 32.2 Å². The summed E-state index contributed by atoms with van der Waals surface area (Å²) >= 11 is 0. The van der Waals surface area contributed by atoms with Gasteiger partial charge >= 0.3 is 0 Å². The van der Waals surface area contributed by atoms with Gasteiger partial charge in [-0.05, 0) is 42.9 Å². The molecule has 70 valence electrons. The number of anilines is 1. The van der Waals surface area contributed by atoms with E-state index in [2.05, 4.69) is 19.1 Å². The van der Waals surface area contributed by atoms with E-state index in [9.17, 15) is 0 Å². The van der Waals surface area contributed by atoms with Crippen molar-refractivity contribution in [1.82, 2.24) is 0 Å². The molecule has 0 saturated carbocycles. The molecule has 1 aliphatic rings. The van der Waals surface area contributed by atoms with E-state index >= 15 is 0 Å². The van der Waals surface area contributed by atoms with Crippen LogP contribution in [0, 0.1) is 6.92 Å². The summed E-state index contributed by atoms with van der Waals surface area (Å²) in [5.41, 5.74) is 16.8. The number of nitrogens with two attached hydrogens (primary N) is 2. The van der Waals surface area contributed by atoms with Gasteiger partial charge in [-0.3, -0.25) is 0 Å². The van der Waals surface area contributed by atoms with Gasteiger partial charge in [-0.1, -0.05) is 12.1 Å². The molecule has 13 heavy (non-hydrogen) atoms. The Balaban J connectivity index is 2.47. The highest BCUT2D eigenvalue weighted by molar-refractivity contribution is 5.57. The Kier molecular flexibility index (Phi) is 2.00. The van der Waals surface area contributed by atoms with E-state index in [0.717, 1.165) is 24.9 Å². The highest BCUT2D eigenvalue weighted by Gasteiger charge is 2.17. The third-order valence-electron chi connectivity index (χ3n) is 2.92. The van der Waals surface area contributed by atoms with Crippen LogP contribution in [0.2, 0.25) is 0 Å². The molecule has 2 rings (SSSR count). The summed E-state index contributed by atoms with van der Waals surface area (Å²) in [6.07, 6.45) is 3.10. The van der Waals surface area contributed by atoms with Crippen LogP contribution in [0.4, 0.5) is 5.69 Å². The zero-order valence-corrected chi connectivity index (χ0v) is 8.01. The quantitative estimate of drug-likeness (QED) is 0.587. The molecule has 0 amide bonds. The Hall–Kier alpha value is -1.02. The number of nitrogen functional groups attached to an aromatic ring is 1. The molecule has 2 nitrogen and oxygen atoms in total. The maximum absolute atomic E-state index is 6.01. The molecule has 2 heteroatoms. The summed E-state index contributed by atoms with van der Waals surface area (Å²) in [4.78, 5) is 0. The lowest BCUT2D eigenvalue weighted by atomic mass is 9.86. The van der Waals surface area contributed by atoms with Crippen molar-refractivity contribution in [3.63, 3.8) is 0 Å². The molecule has 0 aromatic heterocycles. The minimum atomic E-state index is 0.328. The highest BCUT2D eigenvalue weighted by atomic mass is 14.6. The van der Waals surface area contributed by atoms with Gasteiger partial charge in [0.1, 0.15) is 0 Å². The van der Waals surface area contributed by atoms with Crippen LogP contribution in [0.3, 0.4) is 0 Å². The van der Waals surface area contributed by atoms with Crippen LogP contribution in [-0.2, 0) is 12.8 Å². The van der Waals surface area contributed by atoms with E-state index in [0.29, 0.717) is 6.04 Å². The number of benzene rings is 1. The maximum Gasteiger partial charge on any atom is 0.0379 e. The van der Waals surface area contributed by atoms with Crippen molar-refractivity contribution in [3.05, 3.63) is 28.8 Å². The third kappa shape index (κ3) is 1.42. The van der Waals surface area contributed by atoms with Crippen LogP contribution in [0.1, 0.15) is 23.1 Å². The molecule has 0 aliphatic heterocycles. The van der Waals surface area contributed by atoms with Crippen LogP contribution < -0.4 is 11.5 Å². The normalized spacial score (nSPS) is 21.2. The molecule has 0 bridgehead atoms. The predicted octanol–water partition coefficient (Wildman–Crippen LogP) is 1.39. The predicted molar refractivity (Wildman–Crippen MR) is 55.6 cm³/mol. The first kappa shape index (κ1) is 8.57. The first-order chi connectivity index (χ1) is 6.18. The van der Waals surface area contributed by atoms with Crippen LogP contribution >= 0.6 is 0 Å². The Labute approximate surface area is 78.9 Å². The first-order valence-corrected chi connectivity index (χ1v) is 4.81. The Morgan fingerprint density at radius 2 is 2.15 bits per heavy atom. The standard InChI is InChI=1S/C11H16N2/c1-7-2-3-8-6-9(12)4-5-10(8)11(7)13/h2-3,9H,4-6,12-13H2,1H3/t9-/m0/s1. The summed E-state index contributed by atoms with van der Waals surface area (Å²) in [5.74, 6) is 0. The lowest BCUT2D eigenvalue weighted by Gasteiger charge is -2.23. The fourth-order valence-electron chi connectivity index (χ4n) is 2.03. The van der Waals surface area contributed by atoms with Gasteiger partial charge in [0.05, 0.1) is 0 Å². The van der Waals surface area contributed by atoms with Gasteiger partial charge in [0, 0.05) is 11.7 Å². The Morgan fingerprint density at radius 1 is 1.38 bits per heavy atom. The van der Waals surface area contributed by atoms with Gasteiger partial charge in [0.15, 0.2) is 0 Å². The number of aryl methyl sites for hydroxylation is 1. The minimum absolute atomic E-state index is 0.328. The van der Waals surface area contributed by atoms with E-state index < -0.39 is 0 Å². The van der Waals surface area contributed by atoms with E-state index in [4.69, 9.17) is 11.5 Å². The fourth-order valence-corrected chi connectivity index (χ4v) is 2.03. The second-order valence-corrected chi connectivity index (χ2v) is 3.94. The van der Waals surface area contributed by atoms with Crippen molar-refractivity contribution in [1.29, 1.82) is 0 Å². The molecule has 4 N–H and O–H groups in total. The zero-order valence-electron chi connectivity index (χ0n) is 8.01. The van der Waals surface area contributed by atoms with Gasteiger partial charge in [-0.25, -0.2) is 0 Å². The zero-order chi connectivity index (χ0) is 9.42. The topological polar surface area (TPSA) is 52.0 Å². The monoisotopic (exact) mass is 176 g/mol. The fraction of sp³-hybridized carbons (Fsp3) is 0.455. The van der Waals surface area contributed by atoms with Crippen LogP contribution in [-0.4, -0.2) is 6.04 Å². The van der Waals surface area contributed by atoms with Crippen molar-refractivity contribution in [3.8, 4) is 0 Å². The number of fused-ring (bicyclic) bond motifs is 1. The van der Waals surface area contributed by atoms with Crippen LogP contribution in [0.15, 0.2) is 12.1 Å². The molecule has 0 fully saturated rings. The SMILES string of the molecule is Cc1ccc2c(c1N)CC[C@H](N)C2. The lowest BCUT2D eigenvalue weighted by Crippen LogP contribution is -2.28. The van der Waals surface area contributed by atoms with Crippen molar-refractivity contribution in [2.75, 3.05) is 5.73 Å². The number of hydrogen-bond acceptors (Lipinski definition) is 2. The molecule has 0 radical (unpaired) electrons. The summed E-state index contributed by atoms with van der Waals surface area (Å²) in [5, 5.41) is 0. The van der Waals surface area contributed by atoms with Gasteiger partial charge < -0.3 is 11.5 Å². The maximum atomic E-state index is 6.01. The van der Waals surface area contributed by atoms with Crippen LogP contribution in [0.5, 0.6) is 0 Å². The van der Waals surface area contributed by atoms with Crippen LogP contribution in [0.25, 0.3) is 0 Å². The number of rotatable bonds is 0. The van der Waals surface area contributed by atoms with Gasteiger partial charge in [0.25, 0.3) is 0 Å². The summed E-state index contributed by atoms with van der Waals surface area (Å²) in [6, 6.07) is 4.58. The Bertz CT molecular complexity index is 331. The van der Waals surface area contributed by atoms with Crippen molar-refractivity contribution < 1.29 is 0 Å². The largest absolute Gasteiger partial charge is 0.398 e. The summed E-state index contributed by atoms with van der Waals surface area (Å²) in [7, 11) is 0. The molecule has 1 atom stereocenters. The second-order valence-electron chi connectivity index (χ2n) is 3.94. The first-order valence-electron chi connectivity index (χ1n) is 4.81. The molecule has 0 unspecified atom stereocenters. The van der Waals surface area contributed by atoms with Crippen molar-refractivity contribution in [2.24, 2.45) is 5.73 Å². The molecule has 1 aliphatic carbocycles. The lowest BCUT2D eigenvalue weighted by molar-refractivity contribution is 0.577. The third-order valence-corrected chi connectivity index (χ3v) is 2.92. The highest BCUT2D eigenvalue weighted by Crippen LogP contribution is 2.27. The molecule has 0 heterocycles. The second kappa shape index (κ2) is 3.04. The van der Waals surface area contributed by atoms with E-state index in [1.54, 1.807) is 0 Å². The molecule has 0 saturated heterocycles. The van der Waals surface area contributed by atoms with Gasteiger partial charge in [-0.2, -0.15) is 0 Å². The summed E-state index contributed by atoms with van der Waals surface area (Å²) < 4.78 is 0. The molecular formula is C11H16N2. The van der Waals surface area contributed by atoms with E-state index in [1.165, 1.54) is 16.7 Å². The summed E-state index contributed by atoms with van der Waals surface area (Å²) in [6.45, 7) is 2.06. The van der Waals surface area contributed by atoms with Gasteiger partial charge in [0.2, 0.25) is 0 Å². The molecular weight excluding hydrogens is 160 g/mol. The van der Waals surface area contributed by atoms with E-state index in [-0.39, 0.29) is 0 Å². The minimum Gasteiger partial charge on any atom is -0.398 e. The molecule has 1 aromatic rings. The average molecular weight is 176 g/mol. The average Bonchev–Trinajstić information content (AvgIpc) is 2.12. The van der Waals surface area contributed by atoms with Gasteiger partial charge in [-0.15, -0.1) is 0 Å². The van der Waals surface area contributed by atoms with Crippen molar-refractivity contribution >= 4 is 5.69 Å². The molecule has 0 spiro atoms. The smallest absolute Gasteiger partial charge is 0.0379 e. The number of hydrogen-bond donors (Lipinski definition) is 2. The van der Waals surface area contributed by atoms with E-state index in [1.807, 2.05) is 0 Å². The Morgan fingerprint density at radius 3 is 2.92 bits per heavy atom. The molecule has 1 aromatic carbocycles.